The first-order valence-electron chi connectivity index (χ1n) is 10.9. The summed E-state index contributed by atoms with van der Waals surface area (Å²) >= 11 is 0. The van der Waals surface area contributed by atoms with Gasteiger partial charge < -0.3 is 20.3 Å². The van der Waals surface area contributed by atoms with Crippen LogP contribution in [0.15, 0.2) is 36.8 Å². The van der Waals surface area contributed by atoms with Crippen LogP contribution in [0.2, 0.25) is 0 Å². The van der Waals surface area contributed by atoms with Crippen LogP contribution in [0.1, 0.15) is 29.4 Å². The van der Waals surface area contributed by atoms with E-state index >= 15 is 0 Å². The van der Waals surface area contributed by atoms with Crippen molar-refractivity contribution in [1.29, 1.82) is 0 Å². The Hall–Kier alpha value is -3.67. The number of carbonyl (C=O) groups excluding carboxylic acids is 1. The van der Waals surface area contributed by atoms with E-state index in [1.807, 2.05) is 31.9 Å². The van der Waals surface area contributed by atoms with Crippen molar-refractivity contribution in [2.45, 2.75) is 45.3 Å². The molecule has 0 fully saturated rings. The molecule has 1 aliphatic heterocycles. The van der Waals surface area contributed by atoms with Gasteiger partial charge in [0.25, 0.3) is 0 Å². The monoisotopic (exact) mass is 489 g/mol. The molecular weight excluding hydrogens is 463 g/mol. The third-order valence-corrected chi connectivity index (χ3v) is 5.95. The summed E-state index contributed by atoms with van der Waals surface area (Å²) in [5, 5.41) is 10.5. The van der Waals surface area contributed by atoms with Crippen LogP contribution in [0.3, 0.4) is 0 Å². The molecule has 0 aliphatic carbocycles. The van der Waals surface area contributed by atoms with Gasteiger partial charge in [-0.05, 0) is 26.0 Å². The molecule has 0 bridgehead atoms. The van der Waals surface area contributed by atoms with Gasteiger partial charge in [-0.25, -0.2) is 4.98 Å². The predicted molar refractivity (Wildman–Crippen MR) is 124 cm³/mol. The number of aryl methyl sites for hydroxylation is 1. The summed E-state index contributed by atoms with van der Waals surface area (Å²) in [4.78, 5) is 22.9. The van der Waals surface area contributed by atoms with Crippen LogP contribution in [0, 0.1) is 6.92 Å². The number of likely N-dealkylation sites (N-methyl/N-ethyl adjacent to an activating group) is 1. The maximum atomic E-state index is 12.7. The first-order chi connectivity index (χ1) is 16.6. The highest BCUT2D eigenvalue weighted by molar-refractivity contribution is 6.04. The molecule has 0 spiro atoms. The highest BCUT2D eigenvalue weighted by atomic mass is 19.4. The van der Waals surface area contributed by atoms with E-state index in [1.54, 1.807) is 24.2 Å². The number of ether oxygens (including phenoxy) is 1. The van der Waals surface area contributed by atoms with Crippen LogP contribution in [0.25, 0.3) is 0 Å². The normalized spacial score (nSPS) is 16.6. The zero-order chi connectivity index (χ0) is 25.3. The summed E-state index contributed by atoms with van der Waals surface area (Å²) in [6, 6.07) is 3.75. The molecule has 12 heteroatoms. The molecule has 1 aliphatic rings. The Morgan fingerprint density at radius 1 is 1.29 bits per heavy atom. The minimum Gasteiger partial charge on any atom is -0.379 e. The number of nitrogens with one attached hydrogen (secondary N) is 2. The molecule has 186 valence electrons. The summed E-state index contributed by atoms with van der Waals surface area (Å²) in [6.07, 6.45) is -0.431. The van der Waals surface area contributed by atoms with Crippen molar-refractivity contribution in [1.82, 2.24) is 19.7 Å². The summed E-state index contributed by atoms with van der Waals surface area (Å²) in [5.74, 6) is 0.486. The van der Waals surface area contributed by atoms with Gasteiger partial charge in [0.1, 0.15) is 11.9 Å². The van der Waals surface area contributed by atoms with Crippen molar-refractivity contribution in [2.24, 2.45) is 0 Å². The van der Waals surface area contributed by atoms with Gasteiger partial charge in [0.2, 0.25) is 5.91 Å². The standard InChI is InChI=1S/C23H26F3N7O2/c1-13-20-18(32(3)21(14(2)35-4)22(34)31-20)7-19(30-13)28-8-15-9-29-33(11-15)12-17-6-5-16(10-27-17)23(24,25)26/h5-7,9-11,14,21H,8,12H2,1-4H3,(H,28,30)(H,31,34)/t14-,21+/m1/s1. The predicted octanol–water partition coefficient (Wildman–Crippen LogP) is 3.45. The zero-order valence-electron chi connectivity index (χ0n) is 19.7. The lowest BCUT2D eigenvalue weighted by atomic mass is 10.0. The third-order valence-electron chi connectivity index (χ3n) is 5.95. The van der Waals surface area contributed by atoms with Crippen LogP contribution in [0.5, 0.6) is 0 Å². The number of hydrogen-bond donors (Lipinski definition) is 2. The number of halogens is 3. The van der Waals surface area contributed by atoms with Crippen LogP contribution >= 0.6 is 0 Å². The fourth-order valence-electron chi connectivity index (χ4n) is 3.99. The van der Waals surface area contributed by atoms with Gasteiger partial charge in [-0.2, -0.15) is 18.3 Å². The van der Waals surface area contributed by atoms with Crippen LogP contribution in [-0.4, -0.2) is 52.0 Å². The number of alkyl halides is 3. The van der Waals surface area contributed by atoms with Crippen LogP contribution in [-0.2, 0) is 28.8 Å². The lowest BCUT2D eigenvalue weighted by Crippen LogP contribution is -2.52. The maximum absolute atomic E-state index is 12.7. The smallest absolute Gasteiger partial charge is 0.379 e. The van der Waals surface area contributed by atoms with Crippen molar-refractivity contribution >= 4 is 23.1 Å². The number of rotatable bonds is 7. The number of amides is 1. The fourth-order valence-corrected chi connectivity index (χ4v) is 3.99. The number of aromatic nitrogens is 4. The zero-order valence-corrected chi connectivity index (χ0v) is 19.7. The van der Waals surface area contributed by atoms with Gasteiger partial charge in [-0.3, -0.25) is 14.5 Å². The molecule has 0 aromatic carbocycles. The molecule has 2 N–H and O–H groups in total. The fraction of sp³-hybridized carbons (Fsp3) is 0.391. The van der Waals surface area contributed by atoms with E-state index in [1.165, 1.54) is 6.07 Å². The third kappa shape index (κ3) is 5.21. The second-order valence-electron chi connectivity index (χ2n) is 8.41. The summed E-state index contributed by atoms with van der Waals surface area (Å²) in [7, 11) is 3.42. The Morgan fingerprint density at radius 2 is 2.06 bits per heavy atom. The van der Waals surface area contributed by atoms with Crippen LogP contribution in [0.4, 0.5) is 30.4 Å². The van der Waals surface area contributed by atoms with Gasteiger partial charge >= 0.3 is 6.18 Å². The minimum absolute atomic E-state index is 0.144. The van der Waals surface area contributed by atoms with Crippen molar-refractivity contribution in [2.75, 3.05) is 29.7 Å². The van der Waals surface area contributed by atoms with Gasteiger partial charge in [-0.1, -0.05) is 0 Å². The van der Waals surface area contributed by atoms with Crippen molar-refractivity contribution in [3.63, 3.8) is 0 Å². The van der Waals surface area contributed by atoms with Gasteiger partial charge in [0.15, 0.2) is 0 Å². The molecule has 0 saturated carbocycles. The van der Waals surface area contributed by atoms with E-state index in [0.29, 0.717) is 29.4 Å². The SMILES string of the molecule is CO[C@H](C)[C@H]1C(=O)Nc2c(cc(NCc3cnn(Cc4ccc(C(F)(F)F)cn4)c3)nc2C)N1C. The molecule has 0 unspecified atom stereocenters. The Morgan fingerprint density at radius 3 is 2.71 bits per heavy atom. The van der Waals surface area contributed by atoms with Crippen LogP contribution < -0.4 is 15.5 Å². The van der Waals surface area contributed by atoms with Crippen molar-refractivity contribution in [3.05, 3.63) is 59.3 Å². The summed E-state index contributed by atoms with van der Waals surface area (Å²) in [5.41, 5.74) is 2.72. The molecule has 2 atom stereocenters. The molecular formula is C23H26F3N7O2. The van der Waals surface area contributed by atoms with Crippen molar-refractivity contribution < 1.29 is 22.7 Å². The largest absolute Gasteiger partial charge is 0.417 e. The first-order valence-corrected chi connectivity index (χ1v) is 10.9. The van der Waals surface area contributed by atoms with E-state index in [-0.39, 0.29) is 18.6 Å². The van der Waals surface area contributed by atoms with E-state index < -0.39 is 17.8 Å². The minimum atomic E-state index is -4.41. The number of methoxy groups -OCH3 is 1. The summed E-state index contributed by atoms with van der Waals surface area (Å²) in [6.45, 7) is 4.35. The number of carbonyl (C=O) groups is 1. The molecule has 3 aromatic rings. The van der Waals surface area contributed by atoms with Gasteiger partial charge in [0, 0.05) is 44.7 Å². The van der Waals surface area contributed by atoms with E-state index in [9.17, 15) is 18.0 Å². The van der Waals surface area contributed by atoms with Gasteiger partial charge in [-0.15, -0.1) is 0 Å². The quantitative estimate of drug-likeness (QED) is 0.525. The number of nitrogens with zero attached hydrogens (tertiary/aromatic N) is 5. The van der Waals surface area contributed by atoms with E-state index in [0.717, 1.165) is 23.5 Å². The molecule has 9 nitrogen and oxygen atoms in total. The Bertz CT molecular complexity index is 1210. The topological polar surface area (TPSA) is 97.2 Å². The molecule has 3 aromatic heterocycles. The molecule has 35 heavy (non-hydrogen) atoms. The molecule has 4 heterocycles. The highest BCUT2D eigenvalue weighted by Gasteiger charge is 2.36. The Labute approximate surface area is 200 Å². The highest BCUT2D eigenvalue weighted by Crippen LogP contribution is 2.36. The Kier molecular flexibility index (Phi) is 6.66. The number of anilines is 3. The number of hydrogen-bond acceptors (Lipinski definition) is 7. The maximum Gasteiger partial charge on any atom is 0.417 e. The lowest BCUT2D eigenvalue weighted by Gasteiger charge is -2.38. The lowest BCUT2D eigenvalue weighted by molar-refractivity contribution is -0.137. The first kappa shape index (κ1) is 24.5. The summed E-state index contributed by atoms with van der Waals surface area (Å²) < 4.78 is 45.1. The number of pyridine rings is 2. The van der Waals surface area contributed by atoms with E-state index in [2.05, 4.69) is 25.7 Å². The molecule has 0 radical (unpaired) electrons. The van der Waals surface area contributed by atoms with E-state index in [4.69, 9.17) is 4.74 Å². The van der Waals surface area contributed by atoms with Crippen molar-refractivity contribution in [3.8, 4) is 0 Å². The molecule has 1 amide bonds. The second-order valence-corrected chi connectivity index (χ2v) is 8.41. The Balaban J connectivity index is 1.43. The second kappa shape index (κ2) is 9.53. The number of fused-ring (bicyclic) bond motifs is 1. The average Bonchev–Trinajstić information content (AvgIpc) is 3.25. The average molecular weight is 490 g/mol. The van der Waals surface area contributed by atoms with Gasteiger partial charge in [0.05, 0.1) is 47.2 Å². The molecule has 0 saturated heterocycles. The molecule has 4 rings (SSSR count).